The van der Waals surface area contributed by atoms with Gasteiger partial charge in [-0.25, -0.2) is 0 Å². The molecule has 1 heterocycles. The van der Waals surface area contributed by atoms with Crippen molar-refractivity contribution in [2.75, 3.05) is 45.3 Å². The molecule has 0 spiro atoms. The monoisotopic (exact) mass is 302 g/mol. The molecule has 0 aliphatic carbocycles. The van der Waals surface area contributed by atoms with Gasteiger partial charge in [-0.05, 0) is 24.1 Å². The highest BCUT2D eigenvalue weighted by atomic mass is 16.5. The van der Waals surface area contributed by atoms with Crippen molar-refractivity contribution in [1.29, 1.82) is 0 Å². The van der Waals surface area contributed by atoms with Crippen molar-refractivity contribution in [3.63, 3.8) is 0 Å². The Hall–Kier alpha value is -2.01. The van der Waals surface area contributed by atoms with E-state index in [2.05, 4.69) is 56.9 Å². The van der Waals surface area contributed by atoms with Crippen LogP contribution in [0.15, 0.2) is 41.4 Å². The fraction of sp³-hybridized carbons (Fsp3) is 0.471. The van der Waals surface area contributed by atoms with Crippen LogP contribution in [0.3, 0.4) is 0 Å². The summed E-state index contributed by atoms with van der Waals surface area (Å²) in [6.07, 6.45) is 5.37. The van der Waals surface area contributed by atoms with Crippen LogP contribution in [-0.4, -0.2) is 46.4 Å². The van der Waals surface area contributed by atoms with Gasteiger partial charge in [0, 0.05) is 52.6 Å². The van der Waals surface area contributed by atoms with Crippen molar-refractivity contribution in [2.24, 2.45) is 4.99 Å². The van der Waals surface area contributed by atoms with Gasteiger partial charge in [0.25, 0.3) is 0 Å². The summed E-state index contributed by atoms with van der Waals surface area (Å²) in [5.74, 6) is 0.823. The third-order valence-corrected chi connectivity index (χ3v) is 3.62. The first-order valence-electron chi connectivity index (χ1n) is 7.76. The fourth-order valence-corrected chi connectivity index (χ4v) is 2.34. The summed E-state index contributed by atoms with van der Waals surface area (Å²) in [5.41, 5.74) is 2.52. The average molecular weight is 302 g/mol. The van der Waals surface area contributed by atoms with Gasteiger partial charge in [-0.15, -0.1) is 0 Å². The normalized spacial score (nSPS) is 14.5. The quantitative estimate of drug-likeness (QED) is 0.349. The van der Waals surface area contributed by atoms with Crippen molar-refractivity contribution in [2.45, 2.75) is 13.0 Å². The van der Waals surface area contributed by atoms with E-state index in [9.17, 15) is 0 Å². The van der Waals surface area contributed by atoms with Gasteiger partial charge in [-0.1, -0.05) is 24.3 Å². The van der Waals surface area contributed by atoms with Crippen LogP contribution in [0.4, 0.5) is 5.69 Å². The molecule has 1 aromatic carbocycles. The van der Waals surface area contributed by atoms with Gasteiger partial charge in [0.1, 0.15) is 0 Å². The van der Waals surface area contributed by atoms with Crippen molar-refractivity contribution >= 4 is 11.6 Å². The molecule has 0 bridgehead atoms. The van der Waals surface area contributed by atoms with Crippen LogP contribution in [-0.2, 0) is 11.3 Å². The van der Waals surface area contributed by atoms with Crippen molar-refractivity contribution < 1.29 is 4.74 Å². The number of guanidine groups is 1. The van der Waals surface area contributed by atoms with Gasteiger partial charge in [0.15, 0.2) is 5.96 Å². The molecule has 22 heavy (non-hydrogen) atoms. The van der Waals surface area contributed by atoms with E-state index in [0.29, 0.717) is 0 Å². The summed E-state index contributed by atoms with van der Waals surface area (Å²) in [6, 6.07) is 8.69. The van der Waals surface area contributed by atoms with E-state index in [1.807, 2.05) is 0 Å². The van der Waals surface area contributed by atoms with E-state index in [0.717, 1.165) is 45.2 Å². The molecule has 0 radical (unpaired) electrons. The van der Waals surface area contributed by atoms with Crippen molar-refractivity contribution in [3.8, 4) is 0 Å². The molecule has 0 aromatic heterocycles. The molecular weight excluding hydrogens is 276 g/mol. The van der Waals surface area contributed by atoms with E-state index in [1.54, 1.807) is 14.2 Å². The first kappa shape index (κ1) is 16.4. The highest BCUT2D eigenvalue weighted by molar-refractivity contribution is 5.79. The Bertz CT molecular complexity index is 488. The number of nitrogens with one attached hydrogen (secondary N) is 2. The first-order valence-corrected chi connectivity index (χ1v) is 7.76. The minimum absolute atomic E-state index is 0.761. The molecule has 1 aromatic rings. The number of aliphatic imine (C=N–C) groups is 1. The van der Waals surface area contributed by atoms with Gasteiger partial charge in [0.2, 0.25) is 0 Å². The maximum atomic E-state index is 5.03. The van der Waals surface area contributed by atoms with Crippen LogP contribution in [0.5, 0.6) is 0 Å². The Morgan fingerprint density at radius 1 is 1.18 bits per heavy atom. The predicted octanol–water partition coefficient (Wildman–Crippen LogP) is 1.76. The Morgan fingerprint density at radius 2 is 1.91 bits per heavy atom. The third kappa shape index (κ3) is 5.07. The van der Waals surface area contributed by atoms with Crippen molar-refractivity contribution in [1.82, 2.24) is 10.6 Å². The molecular formula is C17H26N4O. The summed E-state index contributed by atoms with van der Waals surface area (Å²) in [4.78, 5) is 6.56. The second-order valence-corrected chi connectivity index (χ2v) is 5.24. The average Bonchev–Trinajstić information content (AvgIpc) is 3.09. The summed E-state index contributed by atoms with van der Waals surface area (Å²) >= 11 is 0. The Balaban J connectivity index is 1.75. The molecule has 120 valence electrons. The van der Waals surface area contributed by atoms with Crippen LogP contribution < -0.4 is 15.5 Å². The molecule has 2 N–H and O–H groups in total. The van der Waals surface area contributed by atoms with Crippen LogP contribution in [0.2, 0.25) is 0 Å². The van der Waals surface area contributed by atoms with Gasteiger partial charge in [0.05, 0.1) is 0 Å². The number of rotatable bonds is 7. The molecule has 0 amide bonds. The van der Waals surface area contributed by atoms with E-state index < -0.39 is 0 Å². The molecule has 0 fully saturated rings. The molecule has 0 saturated heterocycles. The lowest BCUT2D eigenvalue weighted by molar-refractivity contribution is 0.195. The smallest absolute Gasteiger partial charge is 0.191 e. The zero-order chi connectivity index (χ0) is 15.6. The number of hydrogen-bond donors (Lipinski definition) is 2. The molecule has 0 saturated carbocycles. The number of nitrogens with zero attached hydrogens (tertiary/aromatic N) is 2. The minimum atomic E-state index is 0.761. The maximum Gasteiger partial charge on any atom is 0.191 e. The standard InChI is InChI=1S/C17H26N4O/c1-18-17(19-10-5-13-22-2)20-14-15-6-8-16(9-7-15)21-11-3-4-12-21/h3-4,6-9H,5,10-14H2,1-2H3,(H2,18,19,20). The predicted molar refractivity (Wildman–Crippen MR) is 92.5 cm³/mol. The Morgan fingerprint density at radius 3 is 2.55 bits per heavy atom. The first-order chi connectivity index (χ1) is 10.8. The molecule has 1 aliphatic heterocycles. The van der Waals surface area contributed by atoms with E-state index in [1.165, 1.54) is 11.3 Å². The van der Waals surface area contributed by atoms with Gasteiger partial charge >= 0.3 is 0 Å². The summed E-state index contributed by atoms with van der Waals surface area (Å²) in [7, 11) is 3.50. The number of anilines is 1. The van der Waals surface area contributed by atoms with Gasteiger partial charge in [-0.3, -0.25) is 4.99 Å². The highest BCUT2D eigenvalue weighted by Gasteiger charge is 2.07. The summed E-state index contributed by atoms with van der Waals surface area (Å²) < 4.78 is 5.03. The molecule has 0 unspecified atom stereocenters. The summed E-state index contributed by atoms with van der Waals surface area (Å²) in [6.45, 7) is 4.40. The largest absolute Gasteiger partial charge is 0.385 e. The molecule has 0 atom stereocenters. The molecule has 5 nitrogen and oxygen atoms in total. The highest BCUT2D eigenvalue weighted by Crippen LogP contribution is 2.17. The Labute approximate surface area is 133 Å². The SMILES string of the molecule is CN=C(NCCCOC)NCc1ccc(N2CC=CC2)cc1. The zero-order valence-corrected chi connectivity index (χ0v) is 13.5. The number of benzene rings is 1. The fourth-order valence-electron chi connectivity index (χ4n) is 2.34. The van der Waals surface area contributed by atoms with Crippen LogP contribution in [0.25, 0.3) is 0 Å². The second kappa shape index (κ2) is 9.10. The molecule has 2 rings (SSSR count). The zero-order valence-electron chi connectivity index (χ0n) is 13.5. The van der Waals surface area contributed by atoms with Crippen LogP contribution in [0.1, 0.15) is 12.0 Å². The molecule has 5 heteroatoms. The lowest BCUT2D eigenvalue weighted by Gasteiger charge is -2.18. The van der Waals surface area contributed by atoms with Crippen LogP contribution in [0, 0.1) is 0 Å². The van der Waals surface area contributed by atoms with Crippen LogP contribution >= 0.6 is 0 Å². The molecule has 1 aliphatic rings. The van der Waals surface area contributed by atoms with E-state index >= 15 is 0 Å². The number of ether oxygens (including phenoxy) is 1. The lowest BCUT2D eigenvalue weighted by atomic mass is 10.2. The lowest BCUT2D eigenvalue weighted by Crippen LogP contribution is -2.37. The minimum Gasteiger partial charge on any atom is -0.385 e. The summed E-state index contributed by atoms with van der Waals surface area (Å²) in [5, 5.41) is 6.60. The van der Waals surface area contributed by atoms with Gasteiger partial charge in [-0.2, -0.15) is 0 Å². The maximum absolute atomic E-state index is 5.03. The second-order valence-electron chi connectivity index (χ2n) is 5.24. The van der Waals surface area contributed by atoms with Gasteiger partial charge < -0.3 is 20.3 Å². The third-order valence-electron chi connectivity index (χ3n) is 3.62. The van der Waals surface area contributed by atoms with E-state index in [-0.39, 0.29) is 0 Å². The Kier molecular flexibility index (Phi) is 6.77. The van der Waals surface area contributed by atoms with E-state index in [4.69, 9.17) is 4.74 Å². The topological polar surface area (TPSA) is 48.9 Å². The number of hydrogen-bond acceptors (Lipinski definition) is 3. The van der Waals surface area contributed by atoms with Crippen molar-refractivity contribution in [3.05, 3.63) is 42.0 Å². The number of methoxy groups -OCH3 is 1.